The number of tetrazole rings is 1. The summed E-state index contributed by atoms with van der Waals surface area (Å²) >= 11 is 0. The minimum absolute atomic E-state index is 0.140. The smallest absolute Gasteiger partial charge is 0.227 e. The zero-order chi connectivity index (χ0) is 18.6. The van der Waals surface area contributed by atoms with Crippen LogP contribution in [-0.2, 0) is 24.2 Å². The van der Waals surface area contributed by atoms with Crippen LogP contribution in [0.1, 0.15) is 22.5 Å². The second-order valence-corrected chi connectivity index (χ2v) is 6.82. The van der Waals surface area contributed by atoms with E-state index in [1.165, 1.54) is 11.3 Å². The molecule has 0 spiro atoms. The number of nitrogens with zero attached hydrogens (tertiary/aromatic N) is 5. The molecule has 0 atom stereocenters. The van der Waals surface area contributed by atoms with E-state index in [-0.39, 0.29) is 5.91 Å². The third-order valence-corrected chi connectivity index (χ3v) is 5.02. The number of fused-ring (bicyclic) bond motifs is 1. The van der Waals surface area contributed by atoms with Gasteiger partial charge in [0.1, 0.15) is 0 Å². The summed E-state index contributed by atoms with van der Waals surface area (Å²) in [6, 6.07) is 16.2. The van der Waals surface area contributed by atoms with Crippen LogP contribution in [0.15, 0.2) is 48.5 Å². The van der Waals surface area contributed by atoms with Gasteiger partial charge >= 0.3 is 0 Å². The number of hydrogen-bond acceptors (Lipinski definition) is 5. The first-order valence-electron chi connectivity index (χ1n) is 9.06. The molecule has 7 nitrogen and oxygen atoms in total. The van der Waals surface area contributed by atoms with Crippen molar-refractivity contribution in [2.24, 2.45) is 0 Å². The second-order valence-electron chi connectivity index (χ2n) is 6.82. The molecule has 2 heterocycles. The Morgan fingerprint density at radius 1 is 1.07 bits per heavy atom. The van der Waals surface area contributed by atoms with Crippen molar-refractivity contribution < 1.29 is 4.79 Å². The highest BCUT2D eigenvalue weighted by atomic mass is 16.2. The number of hydrogen-bond donors (Lipinski definition) is 1. The lowest BCUT2D eigenvalue weighted by molar-refractivity contribution is -0.130. The number of H-pyrrole nitrogens is 1. The van der Waals surface area contributed by atoms with E-state index in [2.05, 4.69) is 44.7 Å². The van der Waals surface area contributed by atoms with Crippen molar-refractivity contribution in [3.63, 3.8) is 0 Å². The van der Waals surface area contributed by atoms with Crippen LogP contribution in [-0.4, -0.2) is 51.6 Å². The quantitative estimate of drug-likeness (QED) is 0.766. The Balaban J connectivity index is 1.51. The molecule has 0 unspecified atom stereocenters. The van der Waals surface area contributed by atoms with E-state index in [1.807, 2.05) is 41.3 Å². The Morgan fingerprint density at radius 3 is 2.67 bits per heavy atom. The zero-order valence-corrected chi connectivity index (χ0v) is 15.3. The van der Waals surface area contributed by atoms with Gasteiger partial charge in [0.25, 0.3) is 0 Å². The summed E-state index contributed by atoms with van der Waals surface area (Å²) in [5.74, 6) is 0.765. The van der Waals surface area contributed by atoms with Gasteiger partial charge in [0.05, 0.1) is 6.42 Å². The summed E-state index contributed by atoms with van der Waals surface area (Å²) in [5.41, 5.74) is 4.45. The number of carbonyl (C=O) groups is 1. The first-order valence-corrected chi connectivity index (χ1v) is 9.06. The number of likely N-dealkylation sites (N-methyl/N-ethyl adjacent to an activating group) is 1. The molecule has 1 aliphatic heterocycles. The third kappa shape index (κ3) is 3.81. The Labute approximate surface area is 158 Å². The van der Waals surface area contributed by atoms with Crippen molar-refractivity contribution in [2.45, 2.75) is 19.4 Å². The first kappa shape index (κ1) is 17.2. The van der Waals surface area contributed by atoms with Gasteiger partial charge < -0.3 is 9.80 Å². The minimum Gasteiger partial charge on any atom is -0.373 e. The number of amides is 1. The Kier molecular flexibility index (Phi) is 4.82. The summed E-state index contributed by atoms with van der Waals surface area (Å²) in [6.45, 7) is 2.19. The van der Waals surface area contributed by atoms with E-state index in [9.17, 15) is 4.79 Å². The maximum atomic E-state index is 13.0. The molecule has 1 aromatic heterocycles. The van der Waals surface area contributed by atoms with E-state index in [1.54, 1.807) is 0 Å². The summed E-state index contributed by atoms with van der Waals surface area (Å²) < 4.78 is 0. The molecule has 1 N–H and O–H groups in total. The summed E-state index contributed by atoms with van der Waals surface area (Å²) in [5, 5.41) is 14.1. The van der Waals surface area contributed by atoms with Gasteiger partial charge in [-0.15, -0.1) is 10.2 Å². The summed E-state index contributed by atoms with van der Waals surface area (Å²) in [6.07, 6.45) is 0.936. The molecular weight excluding hydrogens is 340 g/mol. The molecule has 0 fully saturated rings. The van der Waals surface area contributed by atoms with Gasteiger partial charge in [-0.3, -0.25) is 4.79 Å². The highest BCUT2D eigenvalue weighted by molar-refractivity contribution is 5.79. The van der Waals surface area contributed by atoms with Gasteiger partial charge in [0, 0.05) is 38.8 Å². The average molecular weight is 362 g/mol. The number of anilines is 1. The number of para-hydroxylation sites is 1. The largest absolute Gasteiger partial charge is 0.373 e. The molecular formula is C20H22N6O. The molecule has 0 radical (unpaired) electrons. The Bertz CT molecular complexity index is 924. The fraction of sp³-hybridized carbons (Fsp3) is 0.300. The van der Waals surface area contributed by atoms with Gasteiger partial charge in [-0.2, -0.15) is 5.21 Å². The molecule has 1 aliphatic rings. The van der Waals surface area contributed by atoms with Gasteiger partial charge in [0.15, 0.2) is 5.82 Å². The second kappa shape index (κ2) is 7.57. The van der Waals surface area contributed by atoms with Crippen molar-refractivity contribution in [1.82, 2.24) is 25.5 Å². The number of rotatable bonds is 4. The van der Waals surface area contributed by atoms with Crippen LogP contribution >= 0.6 is 0 Å². The van der Waals surface area contributed by atoms with E-state index >= 15 is 0 Å². The predicted molar refractivity (Wildman–Crippen MR) is 102 cm³/mol. The fourth-order valence-corrected chi connectivity index (χ4v) is 3.51. The predicted octanol–water partition coefficient (Wildman–Crippen LogP) is 1.81. The first-order chi connectivity index (χ1) is 13.2. The summed E-state index contributed by atoms with van der Waals surface area (Å²) in [7, 11) is 2.08. The van der Waals surface area contributed by atoms with Gasteiger partial charge in [-0.25, -0.2) is 0 Å². The number of aromatic nitrogens is 4. The maximum absolute atomic E-state index is 13.0. The van der Waals surface area contributed by atoms with Gasteiger partial charge in [-0.05, 0) is 22.8 Å². The van der Waals surface area contributed by atoms with Crippen LogP contribution in [0.5, 0.6) is 0 Å². The fourth-order valence-electron chi connectivity index (χ4n) is 3.51. The molecule has 0 bridgehead atoms. The van der Waals surface area contributed by atoms with Crippen molar-refractivity contribution >= 4 is 11.6 Å². The van der Waals surface area contributed by atoms with Crippen molar-refractivity contribution in [3.05, 3.63) is 71.0 Å². The van der Waals surface area contributed by atoms with E-state index < -0.39 is 0 Å². The van der Waals surface area contributed by atoms with Gasteiger partial charge in [0.2, 0.25) is 5.91 Å². The standard InChI is InChI=1S/C20H22N6O/c1-25-10-11-26(14-17-8-4-5-9-18(17)25)20(27)13-16-7-3-2-6-15(16)12-19-21-23-24-22-19/h2-9H,10-14H2,1H3,(H,21,22,23,24). The SMILES string of the molecule is CN1CCN(C(=O)Cc2ccccc2Cc2nn[nH]n2)Cc2ccccc21. The minimum atomic E-state index is 0.140. The monoisotopic (exact) mass is 362 g/mol. The highest BCUT2D eigenvalue weighted by Gasteiger charge is 2.22. The lowest BCUT2D eigenvalue weighted by atomic mass is 10.0. The normalized spacial score (nSPS) is 14.0. The molecule has 0 saturated carbocycles. The molecule has 3 aromatic rings. The van der Waals surface area contributed by atoms with Gasteiger partial charge in [-0.1, -0.05) is 47.7 Å². The number of benzene rings is 2. The van der Waals surface area contributed by atoms with Crippen LogP contribution < -0.4 is 4.90 Å². The molecule has 138 valence electrons. The molecule has 0 saturated heterocycles. The molecule has 1 amide bonds. The molecule has 0 aliphatic carbocycles. The van der Waals surface area contributed by atoms with Crippen molar-refractivity contribution in [2.75, 3.05) is 25.0 Å². The van der Waals surface area contributed by atoms with E-state index in [0.717, 1.165) is 24.2 Å². The van der Waals surface area contributed by atoms with Crippen molar-refractivity contribution in [1.29, 1.82) is 0 Å². The topological polar surface area (TPSA) is 78.0 Å². The Morgan fingerprint density at radius 2 is 1.85 bits per heavy atom. The average Bonchev–Trinajstić information content (AvgIpc) is 3.13. The lowest BCUT2D eigenvalue weighted by Gasteiger charge is -2.21. The van der Waals surface area contributed by atoms with Crippen LogP contribution in [0.2, 0.25) is 0 Å². The Hall–Kier alpha value is -3.22. The van der Waals surface area contributed by atoms with Crippen molar-refractivity contribution in [3.8, 4) is 0 Å². The maximum Gasteiger partial charge on any atom is 0.227 e. The third-order valence-electron chi connectivity index (χ3n) is 5.02. The number of nitrogens with one attached hydrogen (secondary N) is 1. The highest BCUT2D eigenvalue weighted by Crippen LogP contribution is 2.24. The van der Waals surface area contributed by atoms with Crippen LogP contribution in [0.4, 0.5) is 5.69 Å². The molecule has 27 heavy (non-hydrogen) atoms. The molecule has 7 heteroatoms. The lowest BCUT2D eigenvalue weighted by Crippen LogP contribution is -2.35. The zero-order valence-electron chi connectivity index (χ0n) is 15.3. The van der Waals surface area contributed by atoms with Crippen LogP contribution in [0.25, 0.3) is 0 Å². The summed E-state index contributed by atoms with van der Waals surface area (Å²) in [4.78, 5) is 17.2. The number of aromatic amines is 1. The van der Waals surface area contributed by atoms with E-state index in [4.69, 9.17) is 0 Å². The number of carbonyl (C=O) groups excluding carboxylic acids is 1. The molecule has 2 aromatic carbocycles. The van der Waals surface area contributed by atoms with Crippen LogP contribution in [0.3, 0.4) is 0 Å². The molecule has 4 rings (SSSR count). The van der Waals surface area contributed by atoms with Crippen LogP contribution in [0, 0.1) is 0 Å². The van der Waals surface area contributed by atoms with E-state index in [0.29, 0.717) is 25.2 Å².